The Morgan fingerprint density at radius 3 is 2.17 bits per heavy atom. The molecular weight excluding hydrogens is 238 g/mol. The predicted molar refractivity (Wildman–Crippen MR) is 80.1 cm³/mol. The molecule has 1 aromatic carbocycles. The van der Waals surface area contributed by atoms with E-state index in [0.29, 0.717) is 0 Å². The second kappa shape index (κ2) is 6.17. The third-order valence-electron chi connectivity index (χ3n) is 3.30. The third-order valence-corrected chi connectivity index (χ3v) is 4.55. The van der Waals surface area contributed by atoms with Crippen LogP contribution in [-0.4, -0.2) is 0 Å². The Kier molecular flexibility index (Phi) is 4.56. The molecule has 2 rings (SSSR count). The topological polar surface area (TPSA) is 26.0 Å². The smallest absolute Gasteiger partial charge is 0.0343 e. The van der Waals surface area contributed by atoms with Gasteiger partial charge in [-0.3, -0.25) is 0 Å². The van der Waals surface area contributed by atoms with E-state index >= 15 is 0 Å². The van der Waals surface area contributed by atoms with Gasteiger partial charge in [-0.2, -0.15) is 0 Å². The van der Waals surface area contributed by atoms with Crippen LogP contribution in [0.25, 0.3) is 0 Å². The number of benzene rings is 1. The predicted octanol–water partition coefficient (Wildman–Crippen LogP) is 4.12. The van der Waals surface area contributed by atoms with E-state index in [1.54, 1.807) is 0 Å². The van der Waals surface area contributed by atoms with E-state index in [1.165, 1.54) is 20.9 Å². The Hall–Kier alpha value is -1.12. The van der Waals surface area contributed by atoms with Gasteiger partial charge in [0, 0.05) is 22.2 Å². The van der Waals surface area contributed by atoms with E-state index in [2.05, 4.69) is 50.2 Å². The quantitative estimate of drug-likeness (QED) is 0.859. The van der Waals surface area contributed by atoms with Gasteiger partial charge in [-0.1, -0.05) is 38.1 Å². The van der Waals surface area contributed by atoms with Crippen molar-refractivity contribution in [2.45, 2.75) is 39.2 Å². The molecule has 0 spiro atoms. The summed E-state index contributed by atoms with van der Waals surface area (Å²) in [6.45, 7) is 4.37. The zero-order chi connectivity index (χ0) is 13.0. The van der Waals surface area contributed by atoms with Crippen molar-refractivity contribution >= 4 is 11.3 Å². The minimum Gasteiger partial charge on any atom is -0.324 e. The lowest BCUT2D eigenvalue weighted by Crippen LogP contribution is -2.12. The van der Waals surface area contributed by atoms with Gasteiger partial charge in [-0.25, -0.2) is 0 Å². The molecule has 2 aromatic rings. The van der Waals surface area contributed by atoms with Gasteiger partial charge in [0.1, 0.15) is 0 Å². The highest BCUT2D eigenvalue weighted by Crippen LogP contribution is 2.23. The van der Waals surface area contributed by atoms with Crippen LogP contribution in [0.1, 0.15) is 40.8 Å². The summed E-state index contributed by atoms with van der Waals surface area (Å²) < 4.78 is 0. The summed E-state index contributed by atoms with van der Waals surface area (Å²) in [6, 6.07) is 13.2. The molecule has 0 saturated heterocycles. The fourth-order valence-corrected chi connectivity index (χ4v) is 3.07. The van der Waals surface area contributed by atoms with Gasteiger partial charge >= 0.3 is 0 Å². The van der Waals surface area contributed by atoms with Crippen LogP contribution in [0.3, 0.4) is 0 Å². The van der Waals surface area contributed by atoms with Crippen molar-refractivity contribution < 1.29 is 0 Å². The van der Waals surface area contributed by atoms with Crippen molar-refractivity contribution in [1.82, 2.24) is 0 Å². The van der Waals surface area contributed by atoms with E-state index < -0.39 is 0 Å². The van der Waals surface area contributed by atoms with Crippen molar-refractivity contribution in [1.29, 1.82) is 0 Å². The Labute approximate surface area is 114 Å². The molecule has 0 fully saturated rings. The van der Waals surface area contributed by atoms with Crippen LogP contribution in [0.5, 0.6) is 0 Å². The maximum absolute atomic E-state index is 6.28. The minimum atomic E-state index is 0.110. The fourth-order valence-electron chi connectivity index (χ4n) is 2.06. The summed E-state index contributed by atoms with van der Waals surface area (Å²) in [7, 11) is 0. The summed E-state index contributed by atoms with van der Waals surface area (Å²) in [5.41, 5.74) is 8.88. The van der Waals surface area contributed by atoms with Crippen LogP contribution in [0.2, 0.25) is 0 Å². The average Bonchev–Trinajstić information content (AvgIpc) is 2.86. The lowest BCUT2D eigenvalue weighted by atomic mass is 10.0. The van der Waals surface area contributed by atoms with Crippen molar-refractivity contribution in [2.75, 3.05) is 0 Å². The molecule has 1 aromatic heterocycles. The minimum absolute atomic E-state index is 0.110. The molecular formula is C16H21NS. The van der Waals surface area contributed by atoms with Gasteiger partial charge < -0.3 is 5.73 Å². The van der Waals surface area contributed by atoms with Crippen molar-refractivity contribution in [2.24, 2.45) is 5.73 Å². The largest absolute Gasteiger partial charge is 0.324 e. The van der Waals surface area contributed by atoms with E-state index in [9.17, 15) is 0 Å². The van der Waals surface area contributed by atoms with Gasteiger partial charge in [0.2, 0.25) is 0 Å². The lowest BCUT2D eigenvalue weighted by Gasteiger charge is -2.11. The van der Waals surface area contributed by atoms with Crippen molar-refractivity contribution in [3.63, 3.8) is 0 Å². The molecule has 0 saturated carbocycles. The maximum Gasteiger partial charge on any atom is 0.0343 e. The van der Waals surface area contributed by atoms with Gasteiger partial charge in [-0.05, 0) is 36.1 Å². The zero-order valence-electron chi connectivity index (χ0n) is 11.1. The molecule has 2 heteroatoms. The first-order valence-corrected chi connectivity index (χ1v) is 7.46. The monoisotopic (exact) mass is 259 g/mol. The molecule has 2 N–H and O–H groups in total. The molecule has 1 nitrogen and oxygen atoms in total. The van der Waals surface area contributed by atoms with Gasteiger partial charge in [0.05, 0.1) is 0 Å². The van der Waals surface area contributed by atoms with Gasteiger partial charge in [0.25, 0.3) is 0 Å². The molecule has 0 amide bonds. The number of rotatable bonds is 5. The fraction of sp³-hybridized carbons (Fsp3) is 0.375. The van der Waals surface area contributed by atoms with Crippen molar-refractivity contribution in [3.8, 4) is 0 Å². The number of hydrogen-bond donors (Lipinski definition) is 1. The Morgan fingerprint density at radius 2 is 1.61 bits per heavy atom. The summed E-state index contributed by atoms with van der Waals surface area (Å²) >= 11 is 1.88. The van der Waals surface area contributed by atoms with Crippen LogP contribution >= 0.6 is 11.3 Å². The molecule has 1 atom stereocenters. The second-order valence-electron chi connectivity index (χ2n) is 4.63. The number of thiophene rings is 1. The molecule has 1 unspecified atom stereocenters. The first kappa shape index (κ1) is 13.3. The van der Waals surface area contributed by atoms with Crippen LogP contribution in [0.4, 0.5) is 0 Å². The summed E-state index contributed by atoms with van der Waals surface area (Å²) in [6.07, 6.45) is 3.14. The van der Waals surface area contributed by atoms with E-state index in [0.717, 1.165) is 19.3 Å². The standard InChI is InChI=1S/C16H21NS/c1-3-12-5-7-13(8-6-12)16(17)11-15-10-9-14(4-2)18-15/h5-10,16H,3-4,11,17H2,1-2H3. The normalized spacial score (nSPS) is 12.6. The number of nitrogens with two attached hydrogens (primary N) is 1. The zero-order valence-corrected chi connectivity index (χ0v) is 12.0. The summed E-state index contributed by atoms with van der Waals surface area (Å²) in [4.78, 5) is 2.83. The van der Waals surface area contributed by atoms with Gasteiger partial charge in [-0.15, -0.1) is 11.3 Å². The van der Waals surface area contributed by atoms with Gasteiger partial charge in [0.15, 0.2) is 0 Å². The van der Waals surface area contributed by atoms with Crippen LogP contribution < -0.4 is 5.73 Å². The van der Waals surface area contributed by atoms with Crippen LogP contribution in [0, 0.1) is 0 Å². The highest BCUT2D eigenvalue weighted by atomic mass is 32.1. The first-order valence-electron chi connectivity index (χ1n) is 6.65. The highest BCUT2D eigenvalue weighted by Gasteiger charge is 2.08. The molecule has 0 aliphatic heterocycles. The van der Waals surface area contributed by atoms with Crippen molar-refractivity contribution in [3.05, 3.63) is 57.3 Å². The molecule has 96 valence electrons. The maximum atomic E-state index is 6.28. The van der Waals surface area contributed by atoms with Crippen LogP contribution in [-0.2, 0) is 19.3 Å². The van der Waals surface area contributed by atoms with Crippen LogP contribution in [0.15, 0.2) is 36.4 Å². The number of aryl methyl sites for hydroxylation is 2. The SMILES string of the molecule is CCc1ccc(C(N)Cc2ccc(CC)s2)cc1. The summed E-state index contributed by atoms with van der Waals surface area (Å²) in [5.74, 6) is 0. The molecule has 0 bridgehead atoms. The molecule has 1 heterocycles. The van der Waals surface area contributed by atoms with E-state index in [4.69, 9.17) is 5.73 Å². The lowest BCUT2D eigenvalue weighted by molar-refractivity contribution is 0.729. The van der Waals surface area contributed by atoms with E-state index in [1.807, 2.05) is 11.3 Å². The average molecular weight is 259 g/mol. The molecule has 0 radical (unpaired) electrons. The Balaban J connectivity index is 2.03. The molecule has 18 heavy (non-hydrogen) atoms. The first-order chi connectivity index (χ1) is 8.72. The third kappa shape index (κ3) is 3.21. The second-order valence-corrected chi connectivity index (χ2v) is 5.88. The Bertz CT molecular complexity index is 484. The molecule has 0 aliphatic carbocycles. The summed E-state index contributed by atoms with van der Waals surface area (Å²) in [5, 5.41) is 0. The molecule has 0 aliphatic rings. The Morgan fingerprint density at radius 1 is 0.944 bits per heavy atom. The highest BCUT2D eigenvalue weighted by molar-refractivity contribution is 7.11. The number of hydrogen-bond acceptors (Lipinski definition) is 2. The van der Waals surface area contributed by atoms with E-state index in [-0.39, 0.29) is 6.04 Å².